The third-order valence-electron chi connectivity index (χ3n) is 4.12. The summed E-state index contributed by atoms with van der Waals surface area (Å²) in [5, 5.41) is 0. The molecular formula is C14H18BN3O2. The smallest absolute Gasteiger partial charge is 0.399 e. The van der Waals surface area contributed by atoms with E-state index in [0.717, 1.165) is 11.2 Å². The van der Waals surface area contributed by atoms with Crippen LogP contribution in [0.25, 0.3) is 5.69 Å². The van der Waals surface area contributed by atoms with Crippen LogP contribution in [0.15, 0.2) is 37.2 Å². The molecule has 1 saturated heterocycles. The van der Waals surface area contributed by atoms with E-state index in [2.05, 4.69) is 9.97 Å². The van der Waals surface area contributed by atoms with Gasteiger partial charge in [0.15, 0.2) is 0 Å². The number of nitrogens with zero attached hydrogens (tertiary/aromatic N) is 3. The van der Waals surface area contributed by atoms with E-state index in [9.17, 15) is 0 Å². The van der Waals surface area contributed by atoms with E-state index in [1.807, 2.05) is 44.5 Å². The molecule has 3 rings (SSSR count). The van der Waals surface area contributed by atoms with Crippen molar-refractivity contribution in [3.05, 3.63) is 37.2 Å². The first-order valence-corrected chi connectivity index (χ1v) is 6.69. The Morgan fingerprint density at radius 1 is 1.05 bits per heavy atom. The fourth-order valence-corrected chi connectivity index (χ4v) is 2.19. The third kappa shape index (κ3) is 2.05. The standard InChI is InChI=1S/C14H18BN3O2/c1-13(2)14(3,4)20-15(19-13)11-9-16-6-5-12(11)18-8-7-17-10-18/h5-10H,1-4H3. The van der Waals surface area contributed by atoms with Crippen LogP contribution >= 0.6 is 0 Å². The lowest BCUT2D eigenvalue weighted by Crippen LogP contribution is -2.41. The highest BCUT2D eigenvalue weighted by Gasteiger charge is 2.52. The molecule has 0 aliphatic carbocycles. The molecule has 0 aromatic carbocycles. The van der Waals surface area contributed by atoms with Crippen LogP contribution in [0.3, 0.4) is 0 Å². The van der Waals surface area contributed by atoms with Crippen molar-refractivity contribution in [2.24, 2.45) is 0 Å². The molecule has 1 aliphatic rings. The molecule has 0 spiro atoms. The van der Waals surface area contributed by atoms with Gasteiger partial charge in [-0.2, -0.15) is 0 Å². The van der Waals surface area contributed by atoms with Gasteiger partial charge in [-0.1, -0.05) is 0 Å². The fourth-order valence-electron chi connectivity index (χ4n) is 2.19. The van der Waals surface area contributed by atoms with Gasteiger partial charge in [0.1, 0.15) is 0 Å². The zero-order chi connectivity index (χ0) is 14.4. The lowest BCUT2D eigenvalue weighted by Gasteiger charge is -2.32. The quantitative estimate of drug-likeness (QED) is 0.778. The van der Waals surface area contributed by atoms with Crippen molar-refractivity contribution in [3.63, 3.8) is 0 Å². The molecule has 0 unspecified atom stereocenters. The van der Waals surface area contributed by atoms with Crippen molar-refractivity contribution in [2.45, 2.75) is 38.9 Å². The molecule has 20 heavy (non-hydrogen) atoms. The van der Waals surface area contributed by atoms with Crippen LogP contribution in [0, 0.1) is 0 Å². The second kappa shape index (κ2) is 4.43. The summed E-state index contributed by atoms with van der Waals surface area (Å²) in [6.07, 6.45) is 8.93. The molecule has 1 fully saturated rings. The molecule has 0 atom stereocenters. The number of imidazole rings is 1. The van der Waals surface area contributed by atoms with E-state index in [1.165, 1.54) is 0 Å². The van der Waals surface area contributed by atoms with Crippen LogP contribution in [0.1, 0.15) is 27.7 Å². The molecule has 0 saturated carbocycles. The minimum Gasteiger partial charge on any atom is -0.399 e. The first-order chi connectivity index (χ1) is 9.41. The van der Waals surface area contributed by atoms with Crippen LogP contribution in [-0.2, 0) is 9.31 Å². The van der Waals surface area contributed by atoms with Gasteiger partial charge in [0.05, 0.1) is 17.5 Å². The van der Waals surface area contributed by atoms with Gasteiger partial charge < -0.3 is 13.9 Å². The predicted molar refractivity (Wildman–Crippen MR) is 77.1 cm³/mol. The highest BCUT2D eigenvalue weighted by atomic mass is 16.7. The van der Waals surface area contributed by atoms with Gasteiger partial charge in [-0.05, 0) is 33.8 Å². The third-order valence-corrected chi connectivity index (χ3v) is 4.12. The van der Waals surface area contributed by atoms with Crippen molar-refractivity contribution in [3.8, 4) is 5.69 Å². The molecule has 104 valence electrons. The minimum atomic E-state index is -0.425. The first kappa shape index (κ1) is 13.3. The molecule has 0 N–H and O–H groups in total. The van der Waals surface area contributed by atoms with Gasteiger partial charge in [-0.15, -0.1) is 0 Å². The fraction of sp³-hybridized carbons (Fsp3) is 0.429. The molecule has 2 aromatic heterocycles. The van der Waals surface area contributed by atoms with Crippen molar-refractivity contribution >= 4 is 12.6 Å². The summed E-state index contributed by atoms with van der Waals surface area (Å²) >= 11 is 0. The van der Waals surface area contributed by atoms with E-state index in [-0.39, 0.29) is 11.2 Å². The maximum Gasteiger partial charge on any atom is 0.498 e. The lowest BCUT2D eigenvalue weighted by molar-refractivity contribution is 0.00578. The summed E-state index contributed by atoms with van der Waals surface area (Å²) < 4.78 is 14.1. The van der Waals surface area contributed by atoms with Gasteiger partial charge in [-0.25, -0.2) is 4.98 Å². The molecule has 3 heterocycles. The summed E-state index contributed by atoms with van der Waals surface area (Å²) in [6, 6.07) is 1.93. The Kier molecular flexibility index (Phi) is 2.95. The van der Waals surface area contributed by atoms with E-state index in [0.29, 0.717) is 0 Å². The van der Waals surface area contributed by atoms with Crippen LogP contribution < -0.4 is 5.46 Å². The summed E-state index contributed by atoms with van der Waals surface area (Å²) in [6.45, 7) is 8.17. The molecule has 1 aliphatic heterocycles. The van der Waals surface area contributed by atoms with Crippen molar-refractivity contribution in [2.75, 3.05) is 0 Å². The molecule has 5 nitrogen and oxygen atoms in total. The van der Waals surface area contributed by atoms with E-state index in [4.69, 9.17) is 9.31 Å². The molecule has 0 radical (unpaired) electrons. The number of pyridine rings is 1. The monoisotopic (exact) mass is 271 g/mol. The zero-order valence-corrected chi connectivity index (χ0v) is 12.2. The normalized spacial score (nSPS) is 20.3. The van der Waals surface area contributed by atoms with Gasteiger partial charge in [0.25, 0.3) is 0 Å². The van der Waals surface area contributed by atoms with Crippen LogP contribution in [0.5, 0.6) is 0 Å². The Morgan fingerprint density at radius 3 is 2.35 bits per heavy atom. The van der Waals surface area contributed by atoms with E-state index < -0.39 is 7.12 Å². The number of hydrogen-bond acceptors (Lipinski definition) is 4. The molecule has 6 heteroatoms. The van der Waals surface area contributed by atoms with E-state index in [1.54, 1.807) is 24.9 Å². The SMILES string of the molecule is CC1(C)OB(c2cnccc2-n2ccnc2)OC1(C)C. The summed E-state index contributed by atoms with van der Waals surface area (Å²) in [5.41, 5.74) is 1.15. The lowest BCUT2D eigenvalue weighted by atomic mass is 9.79. The van der Waals surface area contributed by atoms with Crippen LogP contribution in [0.2, 0.25) is 0 Å². The largest absolute Gasteiger partial charge is 0.498 e. The maximum absolute atomic E-state index is 6.09. The average molecular weight is 271 g/mol. The number of aromatic nitrogens is 3. The van der Waals surface area contributed by atoms with Crippen LogP contribution in [-0.4, -0.2) is 32.9 Å². The minimum absolute atomic E-state index is 0.361. The topological polar surface area (TPSA) is 49.2 Å². The average Bonchev–Trinajstić information content (AvgIpc) is 2.97. The second-order valence-electron chi connectivity index (χ2n) is 5.99. The highest BCUT2D eigenvalue weighted by molar-refractivity contribution is 6.63. The summed E-state index contributed by atoms with van der Waals surface area (Å²) in [4.78, 5) is 8.29. The zero-order valence-electron chi connectivity index (χ0n) is 12.2. The molecular weight excluding hydrogens is 253 g/mol. The van der Waals surface area contributed by atoms with Crippen LogP contribution in [0.4, 0.5) is 0 Å². The number of hydrogen-bond donors (Lipinski definition) is 0. The predicted octanol–water partition coefficient (Wildman–Crippen LogP) is 1.57. The Morgan fingerprint density at radius 2 is 1.75 bits per heavy atom. The van der Waals surface area contributed by atoms with Gasteiger partial charge in [0.2, 0.25) is 0 Å². The first-order valence-electron chi connectivity index (χ1n) is 6.69. The molecule has 2 aromatic rings. The van der Waals surface area contributed by atoms with Crippen molar-refractivity contribution in [1.29, 1.82) is 0 Å². The summed E-state index contributed by atoms with van der Waals surface area (Å²) in [7, 11) is -0.425. The number of rotatable bonds is 2. The summed E-state index contributed by atoms with van der Waals surface area (Å²) in [5.74, 6) is 0. The molecule has 0 bridgehead atoms. The molecule has 0 amide bonds. The van der Waals surface area contributed by atoms with Gasteiger partial charge >= 0.3 is 7.12 Å². The Balaban J connectivity index is 2.01. The van der Waals surface area contributed by atoms with Gasteiger partial charge in [-0.3, -0.25) is 4.98 Å². The Labute approximate surface area is 119 Å². The maximum atomic E-state index is 6.09. The second-order valence-corrected chi connectivity index (χ2v) is 5.99. The van der Waals surface area contributed by atoms with Crippen molar-refractivity contribution in [1.82, 2.24) is 14.5 Å². The van der Waals surface area contributed by atoms with Gasteiger partial charge in [0, 0.05) is 35.9 Å². The van der Waals surface area contributed by atoms with Crippen molar-refractivity contribution < 1.29 is 9.31 Å². The highest BCUT2D eigenvalue weighted by Crippen LogP contribution is 2.36. The Hall–Kier alpha value is -1.66. The van der Waals surface area contributed by atoms with E-state index >= 15 is 0 Å². The Bertz CT molecular complexity index is 595.